The summed E-state index contributed by atoms with van der Waals surface area (Å²) in [4.78, 5) is 24.8. The Balaban J connectivity index is 2.36. The highest BCUT2D eigenvalue weighted by Crippen LogP contribution is 2.30. The fourth-order valence-electron chi connectivity index (χ4n) is 2.57. The molecule has 1 aromatic carbocycles. The number of nitrogens with one attached hydrogen (secondary N) is 1. The second-order valence-electron chi connectivity index (χ2n) is 5.10. The number of nitrogen functional groups attached to an aromatic ring is 1. The van der Waals surface area contributed by atoms with Crippen LogP contribution in [0.2, 0.25) is 0 Å². The van der Waals surface area contributed by atoms with E-state index in [-0.39, 0.29) is 22.8 Å². The number of amides is 1. The lowest BCUT2D eigenvalue weighted by atomic mass is 9.99. The monoisotopic (exact) mass is 278 g/mol. The molecule has 0 saturated carbocycles. The molecule has 20 heavy (non-hydrogen) atoms. The van der Waals surface area contributed by atoms with Crippen LogP contribution in [0.4, 0.5) is 11.4 Å². The number of hydrazine groups is 1. The van der Waals surface area contributed by atoms with Gasteiger partial charge in [-0.05, 0) is 30.9 Å². The second-order valence-corrected chi connectivity index (χ2v) is 5.10. The van der Waals surface area contributed by atoms with Crippen LogP contribution in [0.5, 0.6) is 0 Å². The number of hydrogen-bond donors (Lipinski definition) is 2. The predicted molar refractivity (Wildman–Crippen MR) is 75.2 cm³/mol. The van der Waals surface area contributed by atoms with E-state index in [0.29, 0.717) is 19.0 Å². The minimum atomic E-state index is -0.574. The first-order valence-corrected chi connectivity index (χ1v) is 6.58. The Hall–Kier alpha value is -2.15. The number of carbonyl (C=O) groups excluding carboxylic acids is 1. The summed E-state index contributed by atoms with van der Waals surface area (Å²) < 4.78 is 0. The van der Waals surface area contributed by atoms with Crippen molar-refractivity contribution in [3.8, 4) is 0 Å². The van der Waals surface area contributed by atoms with Gasteiger partial charge in [-0.1, -0.05) is 13.0 Å². The molecule has 1 aliphatic rings. The van der Waals surface area contributed by atoms with Gasteiger partial charge in [0.1, 0.15) is 11.3 Å². The number of nitrogens with zero attached hydrogens (tertiary/aromatic N) is 2. The average Bonchev–Trinajstić information content (AvgIpc) is 2.45. The van der Waals surface area contributed by atoms with E-state index in [1.54, 1.807) is 11.0 Å². The first kappa shape index (κ1) is 14.3. The predicted octanol–water partition coefficient (Wildman–Crippen LogP) is 1.75. The van der Waals surface area contributed by atoms with Gasteiger partial charge in [-0.15, -0.1) is 0 Å². The van der Waals surface area contributed by atoms with Gasteiger partial charge in [-0.25, -0.2) is 0 Å². The zero-order chi connectivity index (χ0) is 14.7. The molecule has 2 rings (SSSR count). The lowest BCUT2D eigenvalue weighted by Gasteiger charge is -2.30. The number of likely N-dealkylation sites (tertiary alicyclic amines) is 1. The summed E-state index contributed by atoms with van der Waals surface area (Å²) in [5.74, 6) is 5.39. The van der Waals surface area contributed by atoms with E-state index in [0.717, 1.165) is 12.8 Å². The van der Waals surface area contributed by atoms with Gasteiger partial charge in [-0.2, -0.15) is 0 Å². The van der Waals surface area contributed by atoms with Crippen LogP contribution < -0.4 is 11.3 Å². The summed E-state index contributed by atoms with van der Waals surface area (Å²) in [5, 5.41) is 11.2. The molecule has 7 heteroatoms. The first-order chi connectivity index (χ1) is 9.54. The highest BCUT2D eigenvalue weighted by Gasteiger charge is 2.29. The Morgan fingerprint density at radius 2 is 2.30 bits per heavy atom. The number of rotatable bonds is 3. The molecule has 3 N–H and O–H groups in total. The summed E-state index contributed by atoms with van der Waals surface area (Å²) in [6, 6.07) is 4.54. The Kier molecular flexibility index (Phi) is 4.19. The fourth-order valence-corrected chi connectivity index (χ4v) is 2.57. The van der Waals surface area contributed by atoms with Crippen LogP contribution in [0.1, 0.15) is 30.1 Å². The van der Waals surface area contributed by atoms with E-state index in [9.17, 15) is 14.9 Å². The molecule has 0 spiro atoms. The fraction of sp³-hybridized carbons (Fsp3) is 0.462. The van der Waals surface area contributed by atoms with Gasteiger partial charge < -0.3 is 10.3 Å². The summed E-state index contributed by atoms with van der Waals surface area (Å²) in [5.41, 5.74) is 2.23. The van der Waals surface area contributed by atoms with Gasteiger partial charge in [0.05, 0.1) is 4.92 Å². The Labute approximate surface area is 116 Å². The van der Waals surface area contributed by atoms with Gasteiger partial charge in [0.25, 0.3) is 5.91 Å². The van der Waals surface area contributed by atoms with Crippen LogP contribution in [0.3, 0.4) is 0 Å². The van der Waals surface area contributed by atoms with Gasteiger partial charge >= 0.3 is 5.69 Å². The van der Waals surface area contributed by atoms with Gasteiger partial charge in [0.2, 0.25) is 0 Å². The van der Waals surface area contributed by atoms with Crippen molar-refractivity contribution in [3.05, 3.63) is 33.9 Å². The molecular weight excluding hydrogens is 260 g/mol. The molecule has 1 fully saturated rings. The third-order valence-corrected chi connectivity index (χ3v) is 3.55. The highest BCUT2D eigenvalue weighted by molar-refractivity contribution is 6.00. The maximum Gasteiger partial charge on any atom is 0.306 e. The zero-order valence-electron chi connectivity index (χ0n) is 11.3. The number of para-hydroxylation sites is 1. The summed E-state index contributed by atoms with van der Waals surface area (Å²) in [6.07, 6.45) is 2.01. The quantitative estimate of drug-likeness (QED) is 0.498. The van der Waals surface area contributed by atoms with Crippen LogP contribution in [-0.2, 0) is 0 Å². The van der Waals surface area contributed by atoms with Crippen molar-refractivity contribution >= 4 is 17.3 Å². The third kappa shape index (κ3) is 2.72. The lowest BCUT2D eigenvalue weighted by Crippen LogP contribution is -2.39. The van der Waals surface area contributed by atoms with E-state index in [4.69, 9.17) is 5.84 Å². The van der Waals surface area contributed by atoms with Crippen molar-refractivity contribution in [3.63, 3.8) is 0 Å². The molecule has 1 atom stereocenters. The van der Waals surface area contributed by atoms with Crippen LogP contribution in [0, 0.1) is 16.0 Å². The molecule has 1 aliphatic heterocycles. The zero-order valence-corrected chi connectivity index (χ0v) is 11.3. The first-order valence-electron chi connectivity index (χ1n) is 6.58. The third-order valence-electron chi connectivity index (χ3n) is 3.55. The molecule has 7 nitrogen and oxygen atoms in total. The lowest BCUT2D eigenvalue weighted by molar-refractivity contribution is -0.384. The van der Waals surface area contributed by atoms with E-state index in [1.807, 2.05) is 0 Å². The minimum absolute atomic E-state index is 0.0829. The maximum absolute atomic E-state index is 12.5. The topological polar surface area (TPSA) is 102 Å². The van der Waals surface area contributed by atoms with E-state index >= 15 is 0 Å². The van der Waals surface area contributed by atoms with Gasteiger partial charge in [-0.3, -0.25) is 20.8 Å². The molecule has 0 radical (unpaired) electrons. The van der Waals surface area contributed by atoms with E-state index in [1.165, 1.54) is 12.1 Å². The van der Waals surface area contributed by atoms with Crippen LogP contribution in [-0.4, -0.2) is 28.8 Å². The molecule has 0 bridgehead atoms. The number of hydrogen-bond acceptors (Lipinski definition) is 5. The van der Waals surface area contributed by atoms with Crippen LogP contribution in [0.15, 0.2) is 18.2 Å². The number of anilines is 1. The number of nitro benzene ring substituents is 1. The molecule has 0 aliphatic carbocycles. The number of benzene rings is 1. The van der Waals surface area contributed by atoms with Gasteiger partial charge in [0, 0.05) is 13.1 Å². The van der Waals surface area contributed by atoms with E-state index < -0.39 is 4.92 Å². The molecule has 1 aromatic rings. The molecule has 0 aromatic heterocycles. The standard InChI is InChI=1S/C13H18N4O3/c1-9-4-3-7-16(8-9)13(18)10-5-2-6-11(15-14)12(10)17(19)20/h2,5-6,9,15H,3-4,7-8,14H2,1H3. The molecule has 108 valence electrons. The Morgan fingerprint density at radius 3 is 2.90 bits per heavy atom. The number of carbonyl (C=O) groups is 1. The number of nitro groups is 1. The number of nitrogens with two attached hydrogens (primary N) is 1. The van der Waals surface area contributed by atoms with Crippen molar-refractivity contribution in [2.75, 3.05) is 18.5 Å². The maximum atomic E-state index is 12.5. The smallest absolute Gasteiger partial charge is 0.306 e. The molecular formula is C13H18N4O3. The average molecular weight is 278 g/mol. The second kappa shape index (κ2) is 5.87. The van der Waals surface area contributed by atoms with Crippen molar-refractivity contribution in [1.29, 1.82) is 0 Å². The molecule has 1 unspecified atom stereocenters. The molecule has 1 saturated heterocycles. The largest absolute Gasteiger partial charge is 0.338 e. The normalized spacial score (nSPS) is 18.7. The van der Waals surface area contributed by atoms with Crippen LogP contribution in [0.25, 0.3) is 0 Å². The van der Waals surface area contributed by atoms with Crippen molar-refractivity contribution in [2.24, 2.45) is 11.8 Å². The van der Waals surface area contributed by atoms with E-state index in [2.05, 4.69) is 12.3 Å². The Bertz CT molecular complexity index is 532. The van der Waals surface area contributed by atoms with Crippen LogP contribution >= 0.6 is 0 Å². The number of piperidine rings is 1. The Morgan fingerprint density at radius 1 is 1.55 bits per heavy atom. The van der Waals surface area contributed by atoms with Crippen molar-refractivity contribution in [2.45, 2.75) is 19.8 Å². The molecule has 1 heterocycles. The van der Waals surface area contributed by atoms with Gasteiger partial charge in [0.15, 0.2) is 0 Å². The summed E-state index contributed by atoms with van der Waals surface area (Å²) in [7, 11) is 0. The SMILES string of the molecule is CC1CCCN(C(=O)c2cccc(NN)c2[N+](=O)[O-])C1. The van der Waals surface area contributed by atoms with Crippen molar-refractivity contribution in [1.82, 2.24) is 4.90 Å². The molecule has 1 amide bonds. The summed E-state index contributed by atoms with van der Waals surface area (Å²) >= 11 is 0. The minimum Gasteiger partial charge on any atom is -0.338 e. The summed E-state index contributed by atoms with van der Waals surface area (Å²) in [6.45, 7) is 3.35. The highest BCUT2D eigenvalue weighted by atomic mass is 16.6. The van der Waals surface area contributed by atoms with Crippen molar-refractivity contribution < 1.29 is 9.72 Å².